The van der Waals surface area contributed by atoms with E-state index in [1.807, 2.05) is 0 Å². The molecule has 0 aromatic carbocycles. The van der Waals surface area contributed by atoms with Crippen molar-refractivity contribution >= 4 is 26.2 Å². The Labute approximate surface area is 65.3 Å². The van der Waals surface area contributed by atoms with E-state index in [-0.39, 0.29) is 65.8 Å². The molecule has 5 radical (unpaired) electrons. The molecular weight excluding hydrogens is 343 g/mol. The van der Waals surface area contributed by atoms with E-state index in [2.05, 4.69) is 0 Å². The molecule has 0 aromatic heterocycles. The molecule has 0 spiro atoms. The van der Waals surface area contributed by atoms with E-state index in [9.17, 15) is 0 Å². The monoisotopic (exact) mass is 345 g/mol. The van der Waals surface area contributed by atoms with Crippen LogP contribution in [0.1, 0.15) is 0 Å². The van der Waals surface area contributed by atoms with Gasteiger partial charge in [-0.3, -0.25) is 0 Å². The quantitative estimate of drug-likeness (QED) is 0.494. The smallest absolute Gasteiger partial charge is 0 e. The topological polar surface area (TPSA) is 31.5 Å². The fourth-order valence-corrected chi connectivity index (χ4v) is 0. The SMILES string of the molecule is O.[Bi].[Cu].[Mn]. The van der Waals surface area contributed by atoms with Gasteiger partial charge in [0.2, 0.25) is 0 Å². The Morgan fingerprint density at radius 2 is 1.00 bits per heavy atom. The Morgan fingerprint density at radius 1 is 1.00 bits per heavy atom. The molecule has 0 aliphatic heterocycles. The zero-order chi connectivity index (χ0) is 0. The van der Waals surface area contributed by atoms with Crippen molar-refractivity contribution in [2.24, 2.45) is 0 Å². The van der Waals surface area contributed by atoms with Crippen LogP contribution in [-0.4, -0.2) is 31.7 Å². The first kappa shape index (κ1) is 39.6. The van der Waals surface area contributed by atoms with E-state index in [0.717, 1.165) is 0 Å². The largest absolute Gasteiger partial charge is 0.412 e. The molecule has 0 aliphatic carbocycles. The zero-order valence-corrected chi connectivity index (χ0v) is 7.23. The van der Waals surface area contributed by atoms with Crippen LogP contribution in [0.15, 0.2) is 0 Å². The average molecular weight is 345 g/mol. The van der Waals surface area contributed by atoms with Crippen LogP contribution in [0.25, 0.3) is 0 Å². The summed E-state index contributed by atoms with van der Waals surface area (Å²) in [6, 6.07) is 0. The summed E-state index contributed by atoms with van der Waals surface area (Å²) in [5.74, 6) is 0. The third-order valence-electron chi connectivity index (χ3n) is 0. The van der Waals surface area contributed by atoms with E-state index >= 15 is 0 Å². The van der Waals surface area contributed by atoms with Gasteiger partial charge >= 0.3 is 0 Å². The fraction of sp³-hybridized carbons (Fsp3) is 0. The average Bonchev–Trinajstić information content (AvgIpc) is 0. The van der Waals surface area contributed by atoms with Crippen LogP contribution in [-0.2, 0) is 34.1 Å². The maximum atomic E-state index is 0. The van der Waals surface area contributed by atoms with Crippen molar-refractivity contribution in [3.63, 3.8) is 0 Å². The molecule has 0 aliphatic rings. The van der Waals surface area contributed by atoms with Crippen molar-refractivity contribution in [2.45, 2.75) is 0 Å². The standard InChI is InChI=1S/Bi.Cu.Mn.H2O/h;;;1H2. The van der Waals surface area contributed by atoms with Crippen molar-refractivity contribution in [2.75, 3.05) is 0 Å². The third-order valence-corrected chi connectivity index (χ3v) is 0. The van der Waals surface area contributed by atoms with Crippen LogP contribution in [0.3, 0.4) is 0 Å². The summed E-state index contributed by atoms with van der Waals surface area (Å²) < 4.78 is 0. The van der Waals surface area contributed by atoms with Crippen LogP contribution in [0, 0.1) is 0 Å². The minimum atomic E-state index is 0. The van der Waals surface area contributed by atoms with Gasteiger partial charge in [-0.05, 0) is 0 Å². The first-order valence-corrected chi connectivity index (χ1v) is 0. The molecule has 0 unspecified atom stereocenters. The normalized spacial score (nSPS) is 0. The summed E-state index contributed by atoms with van der Waals surface area (Å²) >= 11 is 0. The van der Waals surface area contributed by atoms with Gasteiger partial charge in [0.25, 0.3) is 0 Å². The van der Waals surface area contributed by atoms with Crippen LogP contribution >= 0.6 is 0 Å². The first-order chi connectivity index (χ1) is 0. The second-order valence-electron chi connectivity index (χ2n) is 0. The minimum absolute atomic E-state index is 0. The molecular formula is H2BiCuMnO. The summed E-state index contributed by atoms with van der Waals surface area (Å²) in [6.45, 7) is 0. The summed E-state index contributed by atoms with van der Waals surface area (Å²) in [7, 11) is 0. The Morgan fingerprint density at radius 3 is 1.00 bits per heavy atom. The van der Waals surface area contributed by atoms with Crippen LogP contribution in [0.2, 0.25) is 0 Å². The van der Waals surface area contributed by atoms with Crippen molar-refractivity contribution in [1.29, 1.82) is 0 Å². The van der Waals surface area contributed by atoms with E-state index in [4.69, 9.17) is 0 Å². The molecule has 4 heteroatoms. The second-order valence-corrected chi connectivity index (χ2v) is 0. The molecule has 0 amide bonds. The van der Waals surface area contributed by atoms with Crippen LogP contribution in [0.5, 0.6) is 0 Å². The molecule has 0 rings (SSSR count). The fourth-order valence-electron chi connectivity index (χ4n) is 0. The molecule has 31 valence electrons. The third kappa shape index (κ3) is 9.10. The molecule has 0 fully saturated rings. The molecule has 1 nitrogen and oxygen atoms in total. The summed E-state index contributed by atoms with van der Waals surface area (Å²) in [5.41, 5.74) is 0. The zero-order valence-electron chi connectivity index (χ0n) is 1.63. The molecule has 0 atom stereocenters. The molecule has 0 aromatic rings. The Hall–Kier alpha value is 1.88. The second kappa shape index (κ2) is 20.8. The van der Waals surface area contributed by atoms with Crippen molar-refractivity contribution in [3.8, 4) is 0 Å². The van der Waals surface area contributed by atoms with Crippen molar-refractivity contribution in [1.82, 2.24) is 0 Å². The number of rotatable bonds is 0. The van der Waals surface area contributed by atoms with E-state index in [0.29, 0.717) is 0 Å². The van der Waals surface area contributed by atoms with Gasteiger partial charge in [0, 0.05) is 60.3 Å². The first-order valence-electron chi connectivity index (χ1n) is 0. The Balaban J connectivity index is 0. The maximum absolute atomic E-state index is 0. The van der Waals surface area contributed by atoms with E-state index in [1.165, 1.54) is 0 Å². The molecule has 0 heterocycles. The van der Waals surface area contributed by atoms with Crippen LogP contribution in [0.4, 0.5) is 0 Å². The van der Waals surface area contributed by atoms with Gasteiger partial charge in [0.05, 0.1) is 0 Å². The molecule has 0 saturated heterocycles. The molecule has 4 heavy (non-hydrogen) atoms. The van der Waals surface area contributed by atoms with Crippen molar-refractivity contribution in [3.05, 3.63) is 0 Å². The Kier molecular flexibility index (Phi) is 206. The van der Waals surface area contributed by atoms with Gasteiger partial charge < -0.3 is 5.48 Å². The van der Waals surface area contributed by atoms with Gasteiger partial charge in [0.15, 0.2) is 0 Å². The van der Waals surface area contributed by atoms with Gasteiger partial charge in [-0.25, -0.2) is 0 Å². The van der Waals surface area contributed by atoms with Crippen molar-refractivity contribution < 1.29 is 39.6 Å². The maximum Gasteiger partial charge on any atom is 0 e. The minimum Gasteiger partial charge on any atom is -0.412 e. The molecule has 0 saturated carbocycles. The summed E-state index contributed by atoms with van der Waals surface area (Å²) in [4.78, 5) is 0. The van der Waals surface area contributed by atoms with Gasteiger partial charge in [-0.1, -0.05) is 0 Å². The Bertz CT molecular complexity index is 8.00. The molecule has 0 bridgehead atoms. The number of hydrogen-bond donors (Lipinski definition) is 0. The van der Waals surface area contributed by atoms with Gasteiger partial charge in [-0.15, -0.1) is 0 Å². The number of hydrogen-bond acceptors (Lipinski definition) is 0. The van der Waals surface area contributed by atoms with E-state index < -0.39 is 0 Å². The van der Waals surface area contributed by atoms with Crippen LogP contribution < -0.4 is 0 Å². The summed E-state index contributed by atoms with van der Waals surface area (Å²) in [6.07, 6.45) is 0. The molecule has 2 N–H and O–H groups in total. The summed E-state index contributed by atoms with van der Waals surface area (Å²) in [5, 5.41) is 0. The van der Waals surface area contributed by atoms with Gasteiger partial charge in [0.1, 0.15) is 0 Å². The van der Waals surface area contributed by atoms with E-state index in [1.54, 1.807) is 0 Å². The van der Waals surface area contributed by atoms with Gasteiger partial charge in [-0.2, -0.15) is 0 Å². The predicted molar refractivity (Wildman–Crippen MR) is 9.37 cm³/mol. The predicted octanol–water partition coefficient (Wildman–Crippen LogP) is -1.21.